The van der Waals surface area contributed by atoms with Crippen molar-refractivity contribution in [1.82, 2.24) is 19.1 Å². The van der Waals surface area contributed by atoms with Crippen molar-refractivity contribution in [3.63, 3.8) is 0 Å². The normalized spacial score (nSPS) is 18.9. The highest BCUT2D eigenvalue weighted by molar-refractivity contribution is 7.88. The summed E-state index contributed by atoms with van der Waals surface area (Å²) >= 11 is 0. The van der Waals surface area contributed by atoms with Gasteiger partial charge in [0.05, 0.1) is 18.1 Å². The van der Waals surface area contributed by atoms with E-state index in [1.165, 1.54) is 10.5 Å². The van der Waals surface area contributed by atoms with Crippen molar-refractivity contribution in [2.75, 3.05) is 18.1 Å². The van der Waals surface area contributed by atoms with Gasteiger partial charge in [-0.25, -0.2) is 18.1 Å². The number of rotatable bonds is 4. The first-order chi connectivity index (χ1) is 10.9. The fourth-order valence-electron chi connectivity index (χ4n) is 2.62. The summed E-state index contributed by atoms with van der Waals surface area (Å²) in [4.78, 5) is 16.5. The van der Waals surface area contributed by atoms with Crippen molar-refractivity contribution in [2.24, 2.45) is 0 Å². The molecule has 3 heterocycles. The minimum absolute atomic E-state index is 0.332. The number of pyridine rings is 1. The molecule has 1 fully saturated rings. The zero-order chi connectivity index (χ0) is 16.4. The number of nitrogens with one attached hydrogen (secondary N) is 1. The van der Waals surface area contributed by atoms with E-state index in [1.54, 1.807) is 35.3 Å². The van der Waals surface area contributed by atoms with Gasteiger partial charge in [-0.05, 0) is 31.0 Å². The van der Waals surface area contributed by atoms with Gasteiger partial charge in [0.1, 0.15) is 6.04 Å². The fourth-order valence-corrected chi connectivity index (χ4v) is 3.75. The molecule has 0 radical (unpaired) electrons. The molecule has 1 aliphatic rings. The summed E-state index contributed by atoms with van der Waals surface area (Å²) in [6, 6.07) is 4.57. The first-order valence-corrected chi connectivity index (χ1v) is 9.04. The number of sulfonamides is 1. The van der Waals surface area contributed by atoms with Gasteiger partial charge in [0.15, 0.2) is 5.82 Å². The molecule has 0 saturated carbocycles. The number of hydrogen-bond donors (Lipinski definition) is 1. The average Bonchev–Trinajstić information content (AvgIpc) is 3.19. The summed E-state index contributed by atoms with van der Waals surface area (Å²) in [5.74, 6) is 0.299. The Bertz CT molecular complexity index is 786. The summed E-state index contributed by atoms with van der Waals surface area (Å²) in [5.41, 5.74) is 0.520. The maximum Gasteiger partial charge on any atom is 0.242 e. The van der Waals surface area contributed by atoms with Gasteiger partial charge in [0.2, 0.25) is 15.9 Å². The van der Waals surface area contributed by atoms with Crippen LogP contribution >= 0.6 is 0 Å². The molecule has 1 atom stereocenters. The summed E-state index contributed by atoms with van der Waals surface area (Å²) in [6.45, 7) is 0.382. The van der Waals surface area contributed by atoms with Gasteiger partial charge in [0, 0.05) is 18.9 Å². The monoisotopic (exact) mass is 335 g/mol. The van der Waals surface area contributed by atoms with E-state index >= 15 is 0 Å². The molecule has 1 aliphatic heterocycles. The Morgan fingerprint density at radius 2 is 2.22 bits per heavy atom. The van der Waals surface area contributed by atoms with Crippen LogP contribution in [-0.4, -0.2) is 52.2 Å². The second-order valence-electron chi connectivity index (χ2n) is 5.38. The van der Waals surface area contributed by atoms with Crippen LogP contribution in [0.25, 0.3) is 5.82 Å². The summed E-state index contributed by atoms with van der Waals surface area (Å²) < 4.78 is 26.3. The molecule has 0 unspecified atom stereocenters. The Morgan fingerprint density at radius 3 is 2.83 bits per heavy atom. The zero-order valence-electron chi connectivity index (χ0n) is 12.6. The number of nitrogens with zero attached hydrogens (tertiary/aromatic N) is 4. The Balaban J connectivity index is 1.70. The van der Waals surface area contributed by atoms with Crippen molar-refractivity contribution in [1.29, 1.82) is 0 Å². The molecule has 23 heavy (non-hydrogen) atoms. The standard InChI is InChI=1S/C14H17N5O3S/c1-23(21,22)19-9-2-4-12(19)14(20)17-11-5-6-13(15-10-11)18-8-3-7-16-18/h3,5-8,10,12H,2,4,9H2,1H3,(H,17,20)/t12-/m0/s1. The Kier molecular flexibility index (Phi) is 4.14. The van der Waals surface area contributed by atoms with E-state index < -0.39 is 16.1 Å². The molecule has 1 amide bonds. The lowest BCUT2D eigenvalue weighted by Crippen LogP contribution is -2.42. The summed E-state index contributed by atoms with van der Waals surface area (Å²) in [7, 11) is -3.38. The molecular formula is C14H17N5O3S. The van der Waals surface area contributed by atoms with Crippen molar-refractivity contribution >= 4 is 21.6 Å². The van der Waals surface area contributed by atoms with Crippen molar-refractivity contribution < 1.29 is 13.2 Å². The molecule has 1 saturated heterocycles. The molecule has 8 nitrogen and oxygen atoms in total. The highest BCUT2D eigenvalue weighted by Gasteiger charge is 2.36. The maximum absolute atomic E-state index is 12.3. The van der Waals surface area contributed by atoms with Crippen LogP contribution < -0.4 is 5.32 Å². The molecule has 2 aromatic rings. The van der Waals surface area contributed by atoms with Gasteiger partial charge in [-0.1, -0.05) is 0 Å². The van der Waals surface area contributed by atoms with E-state index in [2.05, 4.69) is 15.4 Å². The molecule has 9 heteroatoms. The topological polar surface area (TPSA) is 97.2 Å². The highest BCUT2D eigenvalue weighted by Crippen LogP contribution is 2.21. The van der Waals surface area contributed by atoms with Gasteiger partial charge >= 0.3 is 0 Å². The molecule has 0 aromatic carbocycles. The number of hydrogen-bond acceptors (Lipinski definition) is 5. The predicted octanol–water partition coefficient (Wildman–Crippen LogP) is 0.630. The maximum atomic E-state index is 12.3. The zero-order valence-corrected chi connectivity index (χ0v) is 13.4. The SMILES string of the molecule is CS(=O)(=O)N1CCC[C@H]1C(=O)Nc1ccc(-n2cccn2)nc1. The van der Waals surface area contributed by atoms with E-state index in [1.807, 2.05) is 0 Å². The lowest BCUT2D eigenvalue weighted by Gasteiger charge is -2.21. The number of carbonyl (C=O) groups is 1. The van der Waals surface area contributed by atoms with Crippen LogP contribution in [0.4, 0.5) is 5.69 Å². The Hall–Kier alpha value is -2.26. The third kappa shape index (κ3) is 3.40. The average molecular weight is 335 g/mol. The molecule has 0 aliphatic carbocycles. The van der Waals surface area contributed by atoms with E-state index in [0.29, 0.717) is 30.9 Å². The van der Waals surface area contributed by atoms with Crippen LogP contribution in [0.5, 0.6) is 0 Å². The molecular weight excluding hydrogens is 318 g/mol. The van der Waals surface area contributed by atoms with Crippen molar-refractivity contribution in [3.8, 4) is 5.82 Å². The van der Waals surface area contributed by atoms with Crippen LogP contribution in [0.1, 0.15) is 12.8 Å². The molecule has 2 aromatic heterocycles. The molecule has 0 spiro atoms. The van der Waals surface area contributed by atoms with Gasteiger partial charge < -0.3 is 5.32 Å². The first-order valence-electron chi connectivity index (χ1n) is 7.19. The third-order valence-electron chi connectivity index (χ3n) is 3.69. The second-order valence-corrected chi connectivity index (χ2v) is 7.31. The van der Waals surface area contributed by atoms with Gasteiger partial charge in [0.25, 0.3) is 0 Å². The van der Waals surface area contributed by atoms with E-state index in [9.17, 15) is 13.2 Å². The van der Waals surface area contributed by atoms with E-state index in [4.69, 9.17) is 0 Å². The van der Waals surface area contributed by atoms with Crippen LogP contribution in [-0.2, 0) is 14.8 Å². The van der Waals surface area contributed by atoms with Gasteiger partial charge in [-0.3, -0.25) is 4.79 Å². The summed E-state index contributed by atoms with van der Waals surface area (Å²) in [5, 5.41) is 6.79. The minimum atomic E-state index is -3.38. The number of carbonyl (C=O) groups excluding carboxylic acids is 1. The van der Waals surface area contributed by atoms with Crippen molar-refractivity contribution in [3.05, 3.63) is 36.8 Å². The van der Waals surface area contributed by atoms with E-state index in [0.717, 1.165) is 6.26 Å². The van der Waals surface area contributed by atoms with Crippen molar-refractivity contribution in [2.45, 2.75) is 18.9 Å². The molecule has 0 bridgehead atoms. The van der Waals surface area contributed by atoms with E-state index in [-0.39, 0.29) is 5.91 Å². The fraction of sp³-hybridized carbons (Fsp3) is 0.357. The Labute approximate surface area is 134 Å². The van der Waals surface area contributed by atoms with Gasteiger partial charge in [-0.2, -0.15) is 9.40 Å². The highest BCUT2D eigenvalue weighted by atomic mass is 32.2. The number of aromatic nitrogens is 3. The van der Waals surface area contributed by atoms with Crippen LogP contribution in [0.3, 0.4) is 0 Å². The number of amides is 1. The lowest BCUT2D eigenvalue weighted by atomic mass is 10.2. The quantitative estimate of drug-likeness (QED) is 0.884. The molecule has 1 N–H and O–H groups in total. The summed E-state index contributed by atoms with van der Waals surface area (Å²) in [6.07, 6.45) is 7.27. The van der Waals surface area contributed by atoms with Crippen LogP contribution in [0.15, 0.2) is 36.8 Å². The minimum Gasteiger partial charge on any atom is -0.323 e. The molecule has 122 valence electrons. The smallest absolute Gasteiger partial charge is 0.242 e. The second kappa shape index (κ2) is 6.09. The first kappa shape index (κ1) is 15.6. The largest absolute Gasteiger partial charge is 0.323 e. The van der Waals surface area contributed by atoms with Gasteiger partial charge in [-0.15, -0.1) is 0 Å². The lowest BCUT2D eigenvalue weighted by molar-refractivity contribution is -0.119. The number of anilines is 1. The molecule has 3 rings (SSSR count). The third-order valence-corrected chi connectivity index (χ3v) is 4.98. The Morgan fingerprint density at radius 1 is 1.39 bits per heavy atom. The predicted molar refractivity (Wildman–Crippen MR) is 84.6 cm³/mol. The van der Waals surface area contributed by atoms with Crippen LogP contribution in [0.2, 0.25) is 0 Å². The van der Waals surface area contributed by atoms with Crippen LogP contribution in [0, 0.1) is 0 Å².